The molecule has 0 aromatic heterocycles. The van der Waals surface area contributed by atoms with Gasteiger partial charge in [-0.3, -0.25) is 0 Å². The number of carbonyl (C=O) groups is 1. The molecule has 0 unspecified atom stereocenters. The van der Waals surface area contributed by atoms with E-state index in [2.05, 4.69) is 0 Å². The Bertz CT molecular complexity index is 592. The molecule has 0 fully saturated rings. The Labute approximate surface area is 105 Å². The lowest BCUT2D eigenvalue weighted by atomic mass is 10.1. The van der Waals surface area contributed by atoms with E-state index in [1.165, 1.54) is 6.07 Å². The molecule has 0 aliphatic rings. The predicted molar refractivity (Wildman–Crippen MR) is 65.2 cm³/mol. The quantitative estimate of drug-likeness (QED) is 0.840. The molecule has 1 aromatic carbocycles. The van der Waals surface area contributed by atoms with Gasteiger partial charge in [-0.15, -0.1) is 0 Å². The topological polar surface area (TPSA) is 107 Å². The lowest BCUT2D eigenvalue weighted by molar-refractivity contribution is -0.139. The lowest BCUT2D eigenvalue weighted by Crippen LogP contribution is -2.16. The average molecular weight is 273 g/mol. The van der Waals surface area contributed by atoms with Gasteiger partial charge >= 0.3 is 5.97 Å². The third-order valence-corrected chi connectivity index (χ3v) is 3.66. The number of aryl methyl sites for hydroxylation is 1. The van der Waals surface area contributed by atoms with Gasteiger partial charge in [0.2, 0.25) is 10.0 Å². The third-order valence-electron chi connectivity index (χ3n) is 2.62. The second kappa shape index (κ2) is 4.95. The van der Waals surface area contributed by atoms with Gasteiger partial charge in [0, 0.05) is 0 Å². The summed E-state index contributed by atoms with van der Waals surface area (Å²) in [5, 5.41) is 13.7. The maximum absolute atomic E-state index is 11.4. The smallest absolute Gasteiger partial charge is 0.341 e. The molecule has 0 heterocycles. The standard InChI is InChI=1S/C11H15NO5S/c1-6-4-9(18(12,15)16)7(2)8(3)11(6)17-5-10(13)14/h4H,5H2,1-3H3,(H,13,14)(H2,12,15,16). The van der Waals surface area contributed by atoms with Crippen molar-refractivity contribution in [3.63, 3.8) is 0 Å². The molecular weight excluding hydrogens is 258 g/mol. The van der Waals surface area contributed by atoms with Gasteiger partial charge in [-0.25, -0.2) is 18.4 Å². The van der Waals surface area contributed by atoms with Crippen molar-refractivity contribution < 1.29 is 23.1 Å². The highest BCUT2D eigenvalue weighted by atomic mass is 32.2. The van der Waals surface area contributed by atoms with E-state index >= 15 is 0 Å². The number of nitrogens with two attached hydrogens (primary N) is 1. The highest BCUT2D eigenvalue weighted by Gasteiger charge is 2.18. The van der Waals surface area contributed by atoms with Crippen molar-refractivity contribution in [1.29, 1.82) is 0 Å². The molecule has 0 spiro atoms. The van der Waals surface area contributed by atoms with E-state index in [1.54, 1.807) is 20.8 Å². The van der Waals surface area contributed by atoms with Crippen LogP contribution in [-0.4, -0.2) is 26.1 Å². The summed E-state index contributed by atoms with van der Waals surface area (Å²) < 4.78 is 27.9. The summed E-state index contributed by atoms with van der Waals surface area (Å²) in [7, 11) is -3.80. The largest absolute Gasteiger partial charge is 0.481 e. The maximum Gasteiger partial charge on any atom is 0.341 e. The van der Waals surface area contributed by atoms with E-state index in [-0.39, 0.29) is 4.90 Å². The number of benzene rings is 1. The van der Waals surface area contributed by atoms with Gasteiger partial charge in [0.15, 0.2) is 6.61 Å². The van der Waals surface area contributed by atoms with Crippen LogP contribution in [0.3, 0.4) is 0 Å². The predicted octanol–water partition coefficient (Wildman–Crippen LogP) is 0.723. The minimum Gasteiger partial charge on any atom is -0.481 e. The Hall–Kier alpha value is -1.60. The molecule has 100 valence electrons. The summed E-state index contributed by atoms with van der Waals surface area (Å²) >= 11 is 0. The molecule has 0 aliphatic carbocycles. The van der Waals surface area contributed by atoms with E-state index in [9.17, 15) is 13.2 Å². The lowest BCUT2D eigenvalue weighted by Gasteiger charge is -2.15. The number of aliphatic carboxylic acids is 1. The number of sulfonamides is 1. The number of primary sulfonamides is 1. The molecule has 7 heteroatoms. The summed E-state index contributed by atoms with van der Waals surface area (Å²) in [5.74, 6) is -0.718. The zero-order valence-corrected chi connectivity index (χ0v) is 11.2. The normalized spacial score (nSPS) is 11.3. The molecule has 6 nitrogen and oxygen atoms in total. The van der Waals surface area contributed by atoms with E-state index in [4.69, 9.17) is 15.0 Å². The summed E-state index contributed by atoms with van der Waals surface area (Å²) in [5.41, 5.74) is 1.56. The zero-order valence-electron chi connectivity index (χ0n) is 10.4. The second-order valence-electron chi connectivity index (χ2n) is 4.00. The van der Waals surface area contributed by atoms with Crippen molar-refractivity contribution in [2.75, 3.05) is 6.61 Å². The first-order chi connectivity index (χ1) is 8.14. The minimum atomic E-state index is -3.80. The molecule has 0 saturated carbocycles. The molecule has 3 N–H and O–H groups in total. The highest BCUT2D eigenvalue weighted by molar-refractivity contribution is 7.89. The average Bonchev–Trinajstić information content (AvgIpc) is 2.21. The van der Waals surface area contributed by atoms with Gasteiger partial charge in [0.25, 0.3) is 0 Å². The van der Waals surface area contributed by atoms with Crippen molar-refractivity contribution in [3.8, 4) is 5.75 Å². The molecule has 0 amide bonds. The Balaban J connectivity index is 3.34. The van der Waals surface area contributed by atoms with Crippen molar-refractivity contribution in [2.24, 2.45) is 5.14 Å². The zero-order chi connectivity index (χ0) is 14.1. The van der Waals surface area contributed by atoms with Crippen LogP contribution in [0.25, 0.3) is 0 Å². The van der Waals surface area contributed by atoms with E-state index in [1.807, 2.05) is 0 Å². The second-order valence-corrected chi connectivity index (χ2v) is 5.53. The van der Waals surface area contributed by atoms with Crippen LogP contribution < -0.4 is 9.88 Å². The van der Waals surface area contributed by atoms with Gasteiger partial charge in [-0.05, 0) is 43.5 Å². The number of ether oxygens (including phenoxy) is 1. The van der Waals surface area contributed by atoms with Crippen LogP contribution in [0.1, 0.15) is 16.7 Å². The Morgan fingerprint density at radius 3 is 2.33 bits per heavy atom. The fraction of sp³-hybridized carbons (Fsp3) is 0.364. The molecule has 1 aromatic rings. The van der Waals surface area contributed by atoms with Crippen LogP contribution in [0.5, 0.6) is 5.75 Å². The first kappa shape index (κ1) is 14.5. The van der Waals surface area contributed by atoms with E-state index in [0.717, 1.165) is 0 Å². The molecule has 1 rings (SSSR count). The van der Waals surface area contributed by atoms with Crippen LogP contribution in [0, 0.1) is 20.8 Å². The van der Waals surface area contributed by atoms with Gasteiger partial charge in [-0.1, -0.05) is 0 Å². The van der Waals surface area contributed by atoms with E-state index in [0.29, 0.717) is 22.4 Å². The van der Waals surface area contributed by atoms with Gasteiger partial charge < -0.3 is 9.84 Å². The first-order valence-corrected chi connectivity index (χ1v) is 6.67. The summed E-state index contributed by atoms with van der Waals surface area (Å²) in [6, 6.07) is 1.38. The van der Waals surface area contributed by atoms with Crippen LogP contribution in [0.15, 0.2) is 11.0 Å². The van der Waals surface area contributed by atoms with E-state index < -0.39 is 22.6 Å². The van der Waals surface area contributed by atoms with Crippen LogP contribution >= 0.6 is 0 Å². The molecule has 0 radical (unpaired) electrons. The maximum atomic E-state index is 11.4. The molecule has 0 bridgehead atoms. The molecule has 0 atom stereocenters. The van der Waals surface area contributed by atoms with Gasteiger partial charge in [0.1, 0.15) is 5.75 Å². The van der Waals surface area contributed by atoms with Crippen LogP contribution in [0.4, 0.5) is 0 Å². The third kappa shape index (κ3) is 2.99. The van der Waals surface area contributed by atoms with Crippen molar-refractivity contribution in [2.45, 2.75) is 25.7 Å². The van der Waals surface area contributed by atoms with Gasteiger partial charge in [-0.2, -0.15) is 0 Å². The number of carboxylic acid groups (broad SMARTS) is 1. The molecule has 18 heavy (non-hydrogen) atoms. The van der Waals surface area contributed by atoms with Crippen molar-refractivity contribution in [3.05, 3.63) is 22.8 Å². The number of hydrogen-bond donors (Lipinski definition) is 2. The molecular formula is C11H15NO5S. The Morgan fingerprint density at radius 1 is 1.33 bits per heavy atom. The summed E-state index contributed by atoms with van der Waals surface area (Å²) in [6.07, 6.45) is 0. The Morgan fingerprint density at radius 2 is 1.89 bits per heavy atom. The van der Waals surface area contributed by atoms with Crippen molar-refractivity contribution in [1.82, 2.24) is 0 Å². The molecule has 0 saturated heterocycles. The number of carboxylic acids is 1. The highest BCUT2D eigenvalue weighted by Crippen LogP contribution is 2.30. The summed E-state index contributed by atoms with van der Waals surface area (Å²) in [6.45, 7) is 4.42. The fourth-order valence-electron chi connectivity index (χ4n) is 1.67. The Kier molecular flexibility index (Phi) is 3.98. The SMILES string of the molecule is Cc1cc(S(N)(=O)=O)c(C)c(C)c1OCC(=O)O. The number of rotatable bonds is 4. The first-order valence-electron chi connectivity index (χ1n) is 5.12. The van der Waals surface area contributed by atoms with Crippen LogP contribution in [-0.2, 0) is 14.8 Å². The van der Waals surface area contributed by atoms with Gasteiger partial charge in [0.05, 0.1) is 4.90 Å². The fourth-order valence-corrected chi connectivity index (χ4v) is 2.59. The number of hydrogen-bond acceptors (Lipinski definition) is 4. The monoisotopic (exact) mass is 273 g/mol. The van der Waals surface area contributed by atoms with Crippen LogP contribution in [0.2, 0.25) is 0 Å². The molecule has 0 aliphatic heterocycles. The summed E-state index contributed by atoms with van der Waals surface area (Å²) in [4.78, 5) is 10.5. The minimum absolute atomic E-state index is 0.0279. The van der Waals surface area contributed by atoms with Crippen molar-refractivity contribution >= 4 is 16.0 Å².